The molecule has 0 saturated carbocycles. The summed E-state index contributed by atoms with van der Waals surface area (Å²) in [5.74, 6) is 0.833. The molecule has 0 N–H and O–H groups in total. The highest BCUT2D eigenvalue weighted by atomic mass is 79.9. The molecule has 0 spiro atoms. The summed E-state index contributed by atoms with van der Waals surface area (Å²) in [5.41, 5.74) is 0. The van der Waals surface area contributed by atoms with Crippen LogP contribution in [0.25, 0.3) is 0 Å². The van der Waals surface area contributed by atoms with E-state index in [2.05, 4.69) is 15.9 Å². The van der Waals surface area contributed by atoms with Crippen molar-refractivity contribution in [1.29, 1.82) is 0 Å². The van der Waals surface area contributed by atoms with E-state index in [-0.39, 0.29) is 0 Å². The average Bonchev–Trinajstić information content (AvgIpc) is 2.39. The van der Waals surface area contributed by atoms with Crippen LogP contribution < -0.4 is 9.05 Å². The van der Waals surface area contributed by atoms with Crippen LogP contribution in [0.4, 0.5) is 0 Å². The zero-order valence-electron chi connectivity index (χ0n) is 10.8. The summed E-state index contributed by atoms with van der Waals surface area (Å²) in [6.45, 7) is 1.69. The normalized spacial score (nSPS) is 12.7. The summed E-state index contributed by atoms with van der Waals surface area (Å²) in [6.07, 6.45) is 0. The van der Waals surface area contributed by atoms with Crippen LogP contribution in [0.2, 0.25) is 0 Å². The van der Waals surface area contributed by atoms with Gasteiger partial charge in [0.15, 0.2) is 0 Å². The molecule has 0 heterocycles. The Bertz CT molecular complexity index is 529. The average molecular weight is 357 g/mol. The minimum absolute atomic E-state index is 0.417. The maximum absolute atomic E-state index is 12.7. The third-order valence-corrected chi connectivity index (χ3v) is 4.11. The zero-order chi connectivity index (χ0) is 14.4. The molecule has 0 saturated heterocycles. The number of para-hydroxylation sites is 2. The monoisotopic (exact) mass is 356 g/mol. The van der Waals surface area contributed by atoms with E-state index < -0.39 is 12.8 Å². The van der Waals surface area contributed by atoms with E-state index in [4.69, 9.17) is 13.6 Å². The lowest BCUT2D eigenvalue weighted by atomic mass is 10.3. The Balaban J connectivity index is 2.19. The number of hydrogen-bond donors (Lipinski definition) is 0. The zero-order valence-corrected chi connectivity index (χ0v) is 13.3. The quantitative estimate of drug-likeness (QED) is 0.539. The Labute approximate surface area is 126 Å². The van der Waals surface area contributed by atoms with Crippen LogP contribution in [0.5, 0.6) is 11.5 Å². The Morgan fingerprint density at radius 2 is 1.30 bits per heavy atom. The number of halogens is 1. The number of benzene rings is 2. The second-order valence-electron chi connectivity index (χ2n) is 3.90. The SMILES string of the molecule is CC(Br)OP(=O)(Oc1ccccc1)Oc1ccccc1. The van der Waals surface area contributed by atoms with E-state index in [1.165, 1.54) is 0 Å². The smallest absolute Gasteiger partial charge is 0.395 e. The summed E-state index contributed by atoms with van der Waals surface area (Å²) >= 11 is 3.18. The molecule has 0 amide bonds. The van der Waals surface area contributed by atoms with Gasteiger partial charge in [0.1, 0.15) is 16.5 Å². The molecule has 0 aliphatic carbocycles. The minimum Gasteiger partial charge on any atom is -0.395 e. The van der Waals surface area contributed by atoms with Gasteiger partial charge in [0.25, 0.3) is 0 Å². The molecule has 6 heteroatoms. The minimum atomic E-state index is -3.77. The lowest BCUT2D eigenvalue weighted by Gasteiger charge is -2.20. The fourth-order valence-electron chi connectivity index (χ4n) is 1.46. The summed E-state index contributed by atoms with van der Waals surface area (Å²) in [4.78, 5) is 0. The molecule has 4 nitrogen and oxygen atoms in total. The van der Waals surface area contributed by atoms with Gasteiger partial charge in [0.2, 0.25) is 0 Å². The van der Waals surface area contributed by atoms with Gasteiger partial charge >= 0.3 is 7.82 Å². The van der Waals surface area contributed by atoms with Crippen LogP contribution in [0.15, 0.2) is 60.7 Å². The van der Waals surface area contributed by atoms with Crippen molar-refractivity contribution in [3.63, 3.8) is 0 Å². The van der Waals surface area contributed by atoms with Crippen molar-refractivity contribution in [2.75, 3.05) is 0 Å². The van der Waals surface area contributed by atoms with E-state index >= 15 is 0 Å². The van der Waals surface area contributed by atoms with Crippen molar-refractivity contribution in [2.24, 2.45) is 0 Å². The molecule has 2 aromatic carbocycles. The van der Waals surface area contributed by atoms with Crippen molar-refractivity contribution in [3.05, 3.63) is 60.7 Å². The predicted octanol–water partition coefficient (Wildman–Crippen LogP) is 5.01. The molecule has 1 unspecified atom stereocenters. The highest BCUT2D eigenvalue weighted by molar-refractivity contribution is 9.09. The van der Waals surface area contributed by atoms with Gasteiger partial charge in [-0.1, -0.05) is 52.3 Å². The van der Waals surface area contributed by atoms with Crippen molar-refractivity contribution < 1.29 is 18.1 Å². The van der Waals surface area contributed by atoms with Crippen LogP contribution in [-0.4, -0.2) is 5.01 Å². The second-order valence-corrected chi connectivity index (χ2v) is 6.66. The number of hydrogen-bond acceptors (Lipinski definition) is 4. The Kier molecular flexibility index (Phi) is 5.24. The van der Waals surface area contributed by atoms with Gasteiger partial charge in [0.05, 0.1) is 0 Å². The highest BCUT2D eigenvalue weighted by Gasteiger charge is 2.32. The van der Waals surface area contributed by atoms with Gasteiger partial charge in [-0.2, -0.15) is 0 Å². The summed E-state index contributed by atoms with van der Waals surface area (Å²) in [5, 5.41) is -0.472. The highest BCUT2D eigenvalue weighted by Crippen LogP contribution is 2.51. The molecule has 0 radical (unpaired) electrons. The molecule has 106 valence electrons. The first-order valence-electron chi connectivity index (χ1n) is 5.99. The van der Waals surface area contributed by atoms with E-state index in [1.807, 2.05) is 12.1 Å². The molecule has 1 atom stereocenters. The first-order valence-corrected chi connectivity index (χ1v) is 8.37. The molecule has 0 aliphatic rings. The van der Waals surface area contributed by atoms with E-state index in [1.54, 1.807) is 55.5 Å². The molecule has 0 aromatic heterocycles. The fraction of sp³-hybridized carbons (Fsp3) is 0.143. The van der Waals surface area contributed by atoms with E-state index in [0.717, 1.165) is 0 Å². The molecular weight excluding hydrogens is 343 g/mol. The molecule has 0 fully saturated rings. The Morgan fingerprint density at radius 3 is 1.65 bits per heavy atom. The van der Waals surface area contributed by atoms with Crippen molar-refractivity contribution in [1.82, 2.24) is 0 Å². The van der Waals surface area contributed by atoms with Crippen molar-refractivity contribution in [3.8, 4) is 11.5 Å². The van der Waals surface area contributed by atoms with Crippen LogP contribution in [-0.2, 0) is 9.09 Å². The van der Waals surface area contributed by atoms with Crippen LogP contribution in [0.1, 0.15) is 6.92 Å². The predicted molar refractivity (Wildman–Crippen MR) is 81.2 cm³/mol. The first kappa shape index (κ1) is 15.1. The van der Waals surface area contributed by atoms with Crippen molar-refractivity contribution >= 4 is 23.8 Å². The molecule has 0 bridgehead atoms. The second kappa shape index (κ2) is 6.93. The maximum atomic E-state index is 12.7. The third kappa shape index (κ3) is 4.67. The number of phosphoric ester groups is 1. The standard InChI is InChI=1S/C14H14BrO4P/c1-12(15)17-20(16,18-13-8-4-2-5-9-13)19-14-10-6-3-7-11-14/h2-12H,1H3. The van der Waals surface area contributed by atoms with Crippen LogP contribution >= 0.6 is 23.8 Å². The van der Waals surface area contributed by atoms with Gasteiger partial charge in [-0.05, 0) is 31.2 Å². The lowest BCUT2D eigenvalue weighted by molar-refractivity contribution is 0.206. The first-order chi connectivity index (χ1) is 9.57. The van der Waals surface area contributed by atoms with Crippen LogP contribution in [0.3, 0.4) is 0 Å². The fourth-order valence-corrected chi connectivity index (χ4v) is 3.31. The van der Waals surface area contributed by atoms with Crippen LogP contribution in [0, 0.1) is 0 Å². The molecule has 2 aromatic rings. The van der Waals surface area contributed by atoms with Gasteiger partial charge < -0.3 is 9.05 Å². The van der Waals surface area contributed by atoms with Gasteiger partial charge in [-0.15, -0.1) is 0 Å². The Morgan fingerprint density at radius 1 is 0.900 bits per heavy atom. The maximum Gasteiger partial charge on any atom is 0.588 e. The van der Waals surface area contributed by atoms with Gasteiger partial charge in [-0.25, -0.2) is 4.57 Å². The Hall–Kier alpha value is -1.29. The van der Waals surface area contributed by atoms with E-state index in [9.17, 15) is 4.57 Å². The molecule has 20 heavy (non-hydrogen) atoms. The molecule has 0 aliphatic heterocycles. The summed E-state index contributed by atoms with van der Waals surface area (Å²) < 4.78 is 28.7. The topological polar surface area (TPSA) is 44.8 Å². The van der Waals surface area contributed by atoms with Crippen molar-refractivity contribution in [2.45, 2.75) is 11.9 Å². The lowest BCUT2D eigenvalue weighted by Crippen LogP contribution is -2.08. The summed E-state index contributed by atoms with van der Waals surface area (Å²) in [6, 6.07) is 17.5. The third-order valence-electron chi connectivity index (χ3n) is 2.20. The van der Waals surface area contributed by atoms with Gasteiger partial charge in [0, 0.05) is 0 Å². The summed E-state index contributed by atoms with van der Waals surface area (Å²) in [7, 11) is -3.77. The molecule has 2 rings (SSSR count). The number of phosphoric acid groups is 1. The largest absolute Gasteiger partial charge is 0.588 e. The number of rotatable bonds is 6. The number of alkyl halides is 1. The van der Waals surface area contributed by atoms with E-state index in [0.29, 0.717) is 11.5 Å². The van der Waals surface area contributed by atoms with Gasteiger partial charge in [-0.3, -0.25) is 4.52 Å². The molecular formula is C14H14BrO4P.